The number of hydrogen-bond acceptors (Lipinski definition) is 5. The van der Waals surface area contributed by atoms with E-state index in [1.54, 1.807) is 0 Å². The normalized spacial score (nSPS) is 11.9. The van der Waals surface area contributed by atoms with Gasteiger partial charge in [-0.2, -0.15) is 8.42 Å². The van der Waals surface area contributed by atoms with Crippen LogP contribution in [0.5, 0.6) is 11.5 Å². The summed E-state index contributed by atoms with van der Waals surface area (Å²) in [6.07, 6.45) is 0.715. The molecule has 9 heteroatoms. The number of benzene rings is 3. The zero-order chi connectivity index (χ0) is 25.7. The summed E-state index contributed by atoms with van der Waals surface area (Å²) < 4.78 is 38.1. The zero-order valence-corrected chi connectivity index (χ0v) is 24.5. The fourth-order valence-corrected chi connectivity index (χ4v) is 5.21. The quantitative estimate of drug-likeness (QED) is 0.198. The minimum Gasteiger partial charge on any atom is -0.544 e. The summed E-state index contributed by atoms with van der Waals surface area (Å²) in [5.41, 5.74) is 4.59. The van der Waals surface area contributed by atoms with Gasteiger partial charge < -0.3 is 8.85 Å². The summed E-state index contributed by atoms with van der Waals surface area (Å²) in [5.74, 6) is 1.86. The first-order chi connectivity index (χ1) is 15.5. The van der Waals surface area contributed by atoms with Crippen LogP contribution in [0.25, 0.3) is 22.3 Å². The van der Waals surface area contributed by atoms with Crippen molar-refractivity contribution in [1.29, 1.82) is 0 Å². The summed E-state index contributed by atoms with van der Waals surface area (Å²) in [5, 5.41) is 0. The van der Waals surface area contributed by atoms with E-state index in [-0.39, 0.29) is 0 Å². The van der Waals surface area contributed by atoms with E-state index in [2.05, 4.69) is 99.9 Å². The molecule has 5 nitrogen and oxygen atoms in total. The van der Waals surface area contributed by atoms with E-state index in [1.165, 1.54) is 0 Å². The van der Waals surface area contributed by atoms with Crippen LogP contribution in [0.3, 0.4) is 0 Å². The van der Waals surface area contributed by atoms with Crippen molar-refractivity contribution in [3.8, 4) is 33.8 Å². The van der Waals surface area contributed by atoms with E-state index in [0.717, 1.165) is 38.6 Å². The van der Waals surface area contributed by atoms with Gasteiger partial charge in [-0.3, -0.25) is 4.55 Å². The van der Waals surface area contributed by atoms with E-state index >= 15 is 0 Å². The highest BCUT2D eigenvalue weighted by Gasteiger charge is 2.18. The average Bonchev–Trinajstić information content (AvgIpc) is 2.65. The van der Waals surface area contributed by atoms with Gasteiger partial charge in [0.05, 0.1) is 6.26 Å². The van der Waals surface area contributed by atoms with Gasteiger partial charge in [0.1, 0.15) is 11.5 Å². The maximum absolute atomic E-state index is 9.19. The molecule has 0 fully saturated rings. The lowest BCUT2D eigenvalue weighted by Crippen LogP contribution is -2.29. The lowest BCUT2D eigenvalue weighted by atomic mass is 9.94. The minimum absolute atomic E-state index is 0.715. The van der Waals surface area contributed by atoms with Crippen LogP contribution < -0.4 is 8.85 Å². The van der Waals surface area contributed by atoms with Gasteiger partial charge >= 0.3 is 0 Å². The molecule has 3 rings (SSSR count). The van der Waals surface area contributed by atoms with Gasteiger partial charge in [-0.15, -0.1) is 12.6 Å². The molecule has 0 bridgehead atoms. The molecule has 0 heterocycles. The van der Waals surface area contributed by atoms with Gasteiger partial charge in [-0.05, 0) is 86.3 Å². The van der Waals surface area contributed by atoms with Crippen LogP contribution >= 0.6 is 12.6 Å². The highest BCUT2D eigenvalue weighted by molar-refractivity contribution is 7.85. The molecule has 184 valence electrons. The Labute approximate surface area is 211 Å². The van der Waals surface area contributed by atoms with Gasteiger partial charge in [-0.1, -0.05) is 36.4 Å². The van der Waals surface area contributed by atoms with Crippen molar-refractivity contribution in [2.24, 2.45) is 0 Å². The first kappa shape index (κ1) is 28.2. The molecule has 0 spiro atoms. The average molecular weight is 535 g/mol. The molecule has 0 atom stereocenters. The number of hydrogen-bond donors (Lipinski definition) is 2. The van der Waals surface area contributed by atoms with Gasteiger partial charge in [0.2, 0.25) is 16.6 Å². The summed E-state index contributed by atoms with van der Waals surface area (Å²) in [6.45, 7) is 13.2. The number of thiol groups is 1. The molecule has 0 saturated heterocycles. The third-order valence-corrected chi connectivity index (χ3v) is 6.27. The Morgan fingerprint density at radius 1 is 0.706 bits per heavy atom. The van der Waals surface area contributed by atoms with Crippen LogP contribution in [0.4, 0.5) is 0 Å². The van der Waals surface area contributed by atoms with Crippen LogP contribution in [-0.2, 0) is 10.1 Å². The number of rotatable bonds is 6. The molecular formula is C25H34O5S2Si2. The highest BCUT2D eigenvalue weighted by Crippen LogP contribution is 2.38. The van der Waals surface area contributed by atoms with E-state index in [9.17, 15) is 8.42 Å². The summed E-state index contributed by atoms with van der Waals surface area (Å²) in [6, 6.07) is 23.0. The van der Waals surface area contributed by atoms with E-state index < -0.39 is 26.8 Å². The molecular weight excluding hydrogens is 501 g/mol. The molecule has 0 aromatic heterocycles. The molecule has 0 saturated carbocycles. The second-order valence-electron chi connectivity index (χ2n) is 9.91. The third-order valence-electron chi connectivity index (χ3n) is 4.20. The standard InChI is InChI=1S/C24H30O2SSi2.CH4O3S/c1-28(2,3)25-20-14-10-18(11-15-20)22-8-7-9-23(27)24(22)19-12-16-21(17-13-19)26-29(4,5)6;1-5(2,3)4/h7-17,27H,1-6H3;1H3,(H,2,3,4). The molecule has 0 aliphatic rings. The molecule has 3 aromatic rings. The maximum atomic E-state index is 9.19. The Balaban J connectivity index is 0.000000739. The summed E-state index contributed by atoms with van der Waals surface area (Å²) in [7, 11) is -6.89. The Morgan fingerprint density at radius 3 is 1.47 bits per heavy atom. The summed E-state index contributed by atoms with van der Waals surface area (Å²) in [4.78, 5) is 0.962. The van der Waals surface area contributed by atoms with Crippen molar-refractivity contribution >= 4 is 39.4 Å². The van der Waals surface area contributed by atoms with Crippen LogP contribution in [0.15, 0.2) is 71.6 Å². The molecule has 0 amide bonds. The molecule has 34 heavy (non-hydrogen) atoms. The fourth-order valence-electron chi connectivity index (χ4n) is 3.18. The molecule has 0 unspecified atom stereocenters. The first-order valence-corrected chi connectivity index (χ1v) is 20.0. The first-order valence-electron chi connectivity index (χ1n) is 10.9. The van der Waals surface area contributed by atoms with Crippen molar-refractivity contribution < 1.29 is 21.8 Å². The lowest BCUT2D eigenvalue weighted by Gasteiger charge is -2.20. The van der Waals surface area contributed by atoms with E-state index in [0.29, 0.717) is 6.26 Å². The van der Waals surface area contributed by atoms with Crippen molar-refractivity contribution in [2.45, 2.75) is 44.2 Å². The van der Waals surface area contributed by atoms with Crippen LogP contribution in [0.2, 0.25) is 39.3 Å². The van der Waals surface area contributed by atoms with Crippen molar-refractivity contribution in [3.63, 3.8) is 0 Å². The third kappa shape index (κ3) is 10.1. The summed E-state index contributed by atoms with van der Waals surface area (Å²) >= 11 is 4.76. The van der Waals surface area contributed by atoms with Crippen LogP contribution in [0, 0.1) is 0 Å². The lowest BCUT2D eigenvalue weighted by molar-refractivity contribution is 0.490. The Morgan fingerprint density at radius 2 is 1.09 bits per heavy atom. The smallest absolute Gasteiger partial charge is 0.261 e. The van der Waals surface area contributed by atoms with Gasteiger partial charge in [0.15, 0.2) is 0 Å². The van der Waals surface area contributed by atoms with E-state index in [1.807, 2.05) is 6.07 Å². The largest absolute Gasteiger partial charge is 0.544 e. The van der Waals surface area contributed by atoms with Gasteiger partial charge in [0, 0.05) is 10.5 Å². The topological polar surface area (TPSA) is 72.8 Å². The Kier molecular flexibility index (Phi) is 9.23. The highest BCUT2D eigenvalue weighted by atomic mass is 32.2. The second kappa shape index (κ2) is 11.1. The second-order valence-corrected chi connectivity index (χ2v) is 20.7. The Hall–Kier alpha value is -2.05. The SMILES string of the molecule is CS(=O)(=O)O.C[Si](C)(C)Oc1ccc(-c2cccc(S)c2-c2ccc(O[Si](C)(C)C)cc2)cc1. The van der Waals surface area contributed by atoms with Crippen molar-refractivity contribution in [1.82, 2.24) is 0 Å². The zero-order valence-electron chi connectivity index (χ0n) is 20.8. The molecule has 0 radical (unpaired) electrons. The predicted octanol–water partition coefficient (Wildman–Crippen LogP) is 7.24. The maximum Gasteiger partial charge on any atom is 0.261 e. The van der Waals surface area contributed by atoms with Crippen LogP contribution in [0.1, 0.15) is 0 Å². The Bertz CT molecular complexity index is 1190. The molecule has 3 aromatic carbocycles. The van der Waals surface area contributed by atoms with E-state index in [4.69, 9.17) is 26.0 Å². The molecule has 1 N–H and O–H groups in total. The predicted molar refractivity (Wildman–Crippen MR) is 150 cm³/mol. The fraction of sp³-hybridized carbons (Fsp3) is 0.280. The monoisotopic (exact) mass is 534 g/mol. The van der Waals surface area contributed by atoms with Gasteiger partial charge in [0.25, 0.3) is 10.1 Å². The van der Waals surface area contributed by atoms with Gasteiger partial charge in [-0.25, -0.2) is 0 Å². The molecule has 0 aliphatic heterocycles. The van der Waals surface area contributed by atoms with Crippen molar-refractivity contribution in [3.05, 3.63) is 66.7 Å². The minimum atomic E-state index is -3.67. The van der Waals surface area contributed by atoms with Crippen LogP contribution in [-0.4, -0.2) is 35.9 Å². The van der Waals surface area contributed by atoms with Crippen molar-refractivity contribution in [2.75, 3.05) is 6.26 Å². The molecule has 0 aliphatic carbocycles.